The van der Waals surface area contributed by atoms with E-state index in [4.69, 9.17) is 0 Å². The number of anilines is 1. The van der Waals surface area contributed by atoms with Crippen LogP contribution in [0.2, 0.25) is 0 Å². The lowest BCUT2D eigenvalue weighted by Crippen LogP contribution is -2.37. The second kappa shape index (κ2) is 7.46. The van der Waals surface area contributed by atoms with Gasteiger partial charge < -0.3 is 4.90 Å². The molecule has 1 aliphatic carbocycles. The summed E-state index contributed by atoms with van der Waals surface area (Å²) in [6.45, 7) is 1.94. The maximum atomic E-state index is 13.5. The topological polar surface area (TPSA) is 46.8 Å². The Bertz CT molecular complexity index is 1140. The van der Waals surface area contributed by atoms with E-state index in [9.17, 15) is 26.3 Å². The van der Waals surface area contributed by atoms with Crippen LogP contribution in [-0.2, 0) is 12.4 Å². The fourth-order valence-corrected chi connectivity index (χ4v) is 4.96. The van der Waals surface area contributed by atoms with Crippen LogP contribution in [0, 0.1) is 12.8 Å². The van der Waals surface area contributed by atoms with Gasteiger partial charge in [0, 0.05) is 11.7 Å². The third-order valence-corrected chi connectivity index (χ3v) is 6.43. The van der Waals surface area contributed by atoms with Crippen LogP contribution in [0.3, 0.4) is 0 Å². The summed E-state index contributed by atoms with van der Waals surface area (Å²) >= 11 is 0. The summed E-state index contributed by atoms with van der Waals surface area (Å²) in [7, 11) is 0. The first-order chi connectivity index (χ1) is 15.5. The summed E-state index contributed by atoms with van der Waals surface area (Å²) < 4.78 is 82.4. The van der Waals surface area contributed by atoms with Gasteiger partial charge in [0.15, 0.2) is 5.82 Å². The zero-order valence-electron chi connectivity index (χ0n) is 17.4. The van der Waals surface area contributed by atoms with Gasteiger partial charge in [0.05, 0.1) is 11.6 Å². The van der Waals surface area contributed by atoms with Gasteiger partial charge in [-0.3, -0.25) is 4.57 Å². The van der Waals surface area contributed by atoms with Crippen LogP contribution in [0.5, 0.6) is 0 Å². The molecule has 0 unspecified atom stereocenters. The van der Waals surface area contributed by atoms with Crippen molar-refractivity contribution in [2.75, 3.05) is 4.90 Å². The maximum absolute atomic E-state index is 13.5. The Kier molecular flexibility index (Phi) is 4.91. The smallest absolute Gasteiger partial charge is 0.343 e. The van der Waals surface area contributed by atoms with Crippen LogP contribution >= 0.6 is 0 Å². The highest BCUT2D eigenvalue weighted by Gasteiger charge is 2.50. The quantitative estimate of drug-likeness (QED) is 0.461. The minimum atomic E-state index is -5.01. The number of hydrogen-bond acceptors (Lipinski definition) is 4. The van der Waals surface area contributed by atoms with Gasteiger partial charge >= 0.3 is 12.4 Å². The van der Waals surface area contributed by atoms with Crippen LogP contribution in [0.25, 0.3) is 5.69 Å². The van der Waals surface area contributed by atoms with E-state index in [0.717, 1.165) is 17.7 Å². The molecule has 0 N–H and O–H groups in total. The number of pyridine rings is 1. The fraction of sp³-hybridized carbons (Fsp3) is 0.409. The summed E-state index contributed by atoms with van der Waals surface area (Å²) in [5.74, 6) is 0.153. The fourth-order valence-electron chi connectivity index (χ4n) is 4.96. The second-order valence-electron chi connectivity index (χ2n) is 8.57. The van der Waals surface area contributed by atoms with E-state index in [1.165, 1.54) is 6.33 Å². The normalized spacial score (nSPS) is 22.9. The van der Waals surface area contributed by atoms with Gasteiger partial charge in [-0.15, -0.1) is 10.2 Å². The number of benzene rings is 1. The van der Waals surface area contributed by atoms with Crippen LogP contribution < -0.4 is 4.90 Å². The number of halogens is 6. The Morgan fingerprint density at radius 2 is 1.67 bits per heavy atom. The van der Waals surface area contributed by atoms with Crippen molar-refractivity contribution in [3.05, 3.63) is 65.4 Å². The van der Waals surface area contributed by atoms with Crippen molar-refractivity contribution in [3.63, 3.8) is 0 Å². The number of hydrogen-bond donors (Lipinski definition) is 0. The third kappa shape index (κ3) is 3.83. The van der Waals surface area contributed by atoms with Crippen molar-refractivity contribution < 1.29 is 26.3 Å². The monoisotopic (exact) mass is 467 g/mol. The van der Waals surface area contributed by atoms with E-state index in [-0.39, 0.29) is 23.8 Å². The second-order valence-corrected chi connectivity index (χ2v) is 8.57. The number of nitrogens with zero attached hydrogens (tertiary/aromatic N) is 5. The SMILES string of the molecule is Cc1ccc(-n2cnnc2[C@@H]2[C@H]3CC[C@H](C3)N2c2cc(C(F)(F)F)cc(C(F)(F)F)n2)cc1. The van der Waals surface area contributed by atoms with Crippen LogP contribution in [0.4, 0.5) is 32.2 Å². The Morgan fingerprint density at radius 1 is 0.939 bits per heavy atom. The Hall–Kier alpha value is -3.11. The largest absolute Gasteiger partial charge is 0.433 e. The number of rotatable bonds is 3. The predicted molar refractivity (Wildman–Crippen MR) is 107 cm³/mol. The number of aryl methyl sites for hydroxylation is 1. The summed E-state index contributed by atoms with van der Waals surface area (Å²) in [5.41, 5.74) is -1.13. The van der Waals surface area contributed by atoms with Gasteiger partial charge in [0.2, 0.25) is 0 Å². The van der Waals surface area contributed by atoms with Crippen molar-refractivity contribution in [2.45, 2.75) is 50.6 Å². The minimum Gasteiger partial charge on any atom is -0.343 e. The van der Waals surface area contributed by atoms with Crippen LogP contribution in [0.15, 0.2) is 42.7 Å². The Morgan fingerprint density at radius 3 is 2.33 bits per heavy atom. The lowest BCUT2D eigenvalue weighted by atomic mass is 9.97. The molecule has 0 radical (unpaired) electrons. The summed E-state index contributed by atoms with van der Waals surface area (Å²) in [6, 6.07) is 7.54. The molecule has 11 heteroatoms. The van der Waals surface area contributed by atoms with E-state index in [0.29, 0.717) is 24.7 Å². The first kappa shape index (κ1) is 21.7. The average Bonchev–Trinajstić information content (AvgIpc) is 3.48. The van der Waals surface area contributed by atoms with E-state index in [2.05, 4.69) is 15.2 Å². The summed E-state index contributed by atoms with van der Waals surface area (Å²) in [6.07, 6.45) is -6.33. The van der Waals surface area contributed by atoms with E-state index in [1.807, 2.05) is 31.2 Å². The number of alkyl halides is 6. The molecule has 2 aromatic heterocycles. The molecule has 2 fully saturated rings. The highest BCUT2D eigenvalue weighted by Crippen LogP contribution is 2.52. The number of fused-ring (bicyclic) bond motifs is 2. The molecule has 3 heterocycles. The molecular formula is C22H19F6N5. The average molecular weight is 467 g/mol. The number of piperidine rings is 1. The Labute approximate surface area is 185 Å². The summed E-state index contributed by atoms with van der Waals surface area (Å²) in [4.78, 5) is 5.21. The van der Waals surface area contributed by atoms with Gasteiger partial charge in [0.25, 0.3) is 0 Å². The molecule has 2 bridgehead atoms. The first-order valence-corrected chi connectivity index (χ1v) is 10.4. The zero-order chi connectivity index (χ0) is 23.5. The van der Waals surface area contributed by atoms with Gasteiger partial charge in [-0.2, -0.15) is 26.3 Å². The van der Waals surface area contributed by atoms with E-state index >= 15 is 0 Å². The lowest BCUT2D eigenvalue weighted by molar-refractivity contribution is -0.145. The molecule has 174 valence electrons. The van der Waals surface area contributed by atoms with Gasteiger partial charge in [-0.05, 0) is 56.4 Å². The maximum Gasteiger partial charge on any atom is 0.433 e. The van der Waals surface area contributed by atoms with E-state index in [1.54, 1.807) is 9.47 Å². The molecule has 3 atom stereocenters. The number of aromatic nitrogens is 4. The minimum absolute atomic E-state index is 0.0223. The van der Waals surface area contributed by atoms with Crippen molar-refractivity contribution in [1.29, 1.82) is 0 Å². The molecule has 33 heavy (non-hydrogen) atoms. The highest BCUT2D eigenvalue weighted by atomic mass is 19.4. The van der Waals surface area contributed by atoms with Crippen LogP contribution in [0.1, 0.15) is 47.9 Å². The van der Waals surface area contributed by atoms with Crippen molar-refractivity contribution in [1.82, 2.24) is 19.7 Å². The third-order valence-electron chi connectivity index (χ3n) is 6.43. The van der Waals surface area contributed by atoms with Crippen molar-refractivity contribution in [2.24, 2.45) is 5.92 Å². The molecule has 5 rings (SSSR count). The highest BCUT2D eigenvalue weighted by molar-refractivity contribution is 5.50. The molecule has 1 aromatic carbocycles. The molecule has 3 aromatic rings. The predicted octanol–water partition coefficient (Wildman–Crippen LogP) is 5.74. The van der Waals surface area contributed by atoms with E-state index < -0.39 is 29.7 Å². The molecular weight excluding hydrogens is 448 g/mol. The van der Waals surface area contributed by atoms with Crippen molar-refractivity contribution >= 4 is 5.82 Å². The summed E-state index contributed by atoms with van der Waals surface area (Å²) in [5, 5.41) is 8.23. The molecule has 0 spiro atoms. The Balaban J connectivity index is 1.63. The standard InChI is InChI=1S/C22H19F6N5/c1-12-2-5-15(6-3-12)32-11-29-31-20(32)19-13-4-7-16(8-13)33(19)18-10-14(21(23,24)25)9-17(30-18)22(26,27)28/h2-3,5-6,9-11,13,16,19H,4,7-8H2,1H3/t13-,16+,19-/m0/s1. The molecule has 2 aliphatic rings. The lowest BCUT2D eigenvalue weighted by Gasteiger charge is -2.36. The zero-order valence-corrected chi connectivity index (χ0v) is 17.4. The van der Waals surface area contributed by atoms with Gasteiger partial charge in [0.1, 0.15) is 17.8 Å². The molecule has 5 nitrogen and oxygen atoms in total. The van der Waals surface area contributed by atoms with Crippen LogP contribution in [-0.4, -0.2) is 25.8 Å². The molecule has 1 aliphatic heterocycles. The van der Waals surface area contributed by atoms with Gasteiger partial charge in [-0.1, -0.05) is 17.7 Å². The van der Waals surface area contributed by atoms with Crippen molar-refractivity contribution in [3.8, 4) is 5.69 Å². The molecule has 1 saturated carbocycles. The van der Waals surface area contributed by atoms with Gasteiger partial charge in [-0.25, -0.2) is 4.98 Å². The molecule has 1 saturated heterocycles. The molecule has 0 amide bonds. The first-order valence-electron chi connectivity index (χ1n) is 10.4.